The molecular weight excluding hydrogens is 426 g/mol. The minimum absolute atomic E-state index is 0.255. The average molecular weight is 451 g/mol. The van der Waals surface area contributed by atoms with Crippen LogP contribution in [0.2, 0.25) is 0 Å². The van der Waals surface area contributed by atoms with Crippen LogP contribution in [-0.2, 0) is 20.9 Å². The van der Waals surface area contributed by atoms with Crippen molar-refractivity contribution in [1.82, 2.24) is 5.32 Å². The Hall–Kier alpha value is -4.20. The van der Waals surface area contributed by atoms with Crippen LogP contribution < -0.4 is 24.3 Å². The summed E-state index contributed by atoms with van der Waals surface area (Å²) in [6.45, 7) is -0.466. The molecule has 0 aromatic heterocycles. The van der Waals surface area contributed by atoms with E-state index in [1.165, 1.54) is 7.11 Å². The third-order valence-electron chi connectivity index (χ3n) is 4.46. The molecule has 33 heavy (non-hydrogen) atoms. The van der Waals surface area contributed by atoms with Crippen molar-refractivity contribution in [3.63, 3.8) is 0 Å². The lowest BCUT2D eigenvalue weighted by Crippen LogP contribution is -2.29. The number of hydrogen-bond acceptors (Lipinski definition) is 7. The van der Waals surface area contributed by atoms with Gasteiger partial charge in [-0.05, 0) is 54.1 Å². The van der Waals surface area contributed by atoms with Gasteiger partial charge < -0.3 is 29.0 Å². The average Bonchev–Trinajstić information content (AvgIpc) is 2.86. The molecule has 0 saturated carbocycles. The van der Waals surface area contributed by atoms with E-state index in [9.17, 15) is 9.59 Å². The van der Waals surface area contributed by atoms with Crippen molar-refractivity contribution in [3.05, 3.63) is 78.4 Å². The summed E-state index contributed by atoms with van der Waals surface area (Å²) >= 11 is 0. The molecule has 0 atom stereocenters. The normalized spacial score (nSPS) is 10.1. The van der Waals surface area contributed by atoms with E-state index >= 15 is 0 Å². The van der Waals surface area contributed by atoms with E-state index in [4.69, 9.17) is 23.7 Å². The van der Waals surface area contributed by atoms with Crippen molar-refractivity contribution in [2.45, 2.75) is 6.54 Å². The van der Waals surface area contributed by atoms with Crippen molar-refractivity contribution in [1.29, 1.82) is 0 Å². The smallest absolute Gasteiger partial charge is 0.344 e. The molecule has 8 heteroatoms. The van der Waals surface area contributed by atoms with Crippen molar-refractivity contribution in [3.8, 4) is 28.7 Å². The van der Waals surface area contributed by atoms with Crippen LogP contribution in [0.25, 0.3) is 0 Å². The minimum atomic E-state index is -0.652. The Labute approximate surface area is 192 Å². The molecule has 0 heterocycles. The topological polar surface area (TPSA) is 92.3 Å². The molecule has 0 radical (unpaired) electrons. The number of nitrogens with one attached hydrogen (secondary N) is 1. The van der Waals surface area contributed by atoms with Gasteiger partial charge in [0.05, 0.1) is 14.2 Å². The Morgan fingerprint density at radius 3 is 2.12 bits per heavy atom. The molecule has 0 saturated heterocycles. The summed E-state index contributed by atoms with van der Waals surface area (Å²) in [5.74, 6) is 1.92. The van der Waals surface area contributed by atoms with Crippen molar-refractivity contribution in [2.75, 3.05) is 27.4 Å². The highest BCUT2D eigenvalue weighted by Gasteiger charge is 2.10. The van der Waals surface area contributed by atoms with E-state index in [1.807, 2.05) is 30.3 Å². The number of esters is 1. The number of para-hydroxylation sites is 1. The molecule has 3 aromatic rings. The Kier molecular flexibility index (Phi) is 8.53. The molecule has 0 aliphatic heterocycles. The van der Waals surface area contributed by atoms with Crippen molar-refractivity contribution < 1.29 is 33.3 Å². The summed E-state index contributed by atoms with van der Waals surface area (Å²) in [7, 11) is 3.08. The van der Waals surface area contributed by atoms with Crippen molar-refractivity contribution in [2.24, 2.45) is 0 Å². The molecule has 3 rings (SSSR count). The van der Waals surface area contributed by atoms with Crippen LogP contribution in [0.4, 0.5) is 0 Å². The summed E-state index contributed by atoms with van der Waals surface area (Å²) < 4.78 is 26.5. The number of benzene rings is 3. The molecule has 0 spiro atoms. The predicted octanol–water partition coefficient (Wildman–Crippen LogP) is 3.73. The van der Waals surface area contributed by atoms with E-state index < -0.39 is 18.5 Å². The van der Waals surface area contributed by atoms with Gasteiger partial charge in [-0.15, -0.1) is 0 Å². The van der Waals surface area contributed by atoms with Gasteiger partial charge in [0, 0.05) is 6.54 Å². The number of rotatable bonds is 11. The number of methoxy groups -OCH3 is 2. The molecule has 1 N–H and O–H groups in total. The highest BCUT2D eigenvalue weighted by atomic mass is 16.6. The van der Waals surface area contributed by atoms with Crippen LogP contribution >= 0.6 is 0 Å². The van der Waals surface area contributed by atoms with E-state index in [0.29, 0.717) is 23.0 Å². The van der Waals surface area contributed by atoms with Crippen LogP contribution in [0.5, 0.6) is 28.7 Å². The number of hydrogen-bond donors (Lipinski definition) is 1. The second-order valence-corrected chi connectivity index (χ2v) is 6.80. The largest absolute Gasteiger partial charge is 0.493 e. The summed E-state index contributed by atoms with van der Waals surface area (Å²) in [5, 5.41) is 2.68. The number of carbonyl (C=O) groups excluding carboxylic acids is 2. The summed E-state index contributed by atoms with van der Waals surface area (Å²) in [4.78, 5) is 23.8. The third kappa shape index (κ3) is 7.46. The predicted molar refractivity (Wildman–Crippen MR) is 121 cm³/mol. The fourth-order valence-electron chi connectivity index (χ4n) is 2.80. The fraction of sp³-hybridized carbons (Fsp3) is 0.200. The standard InChI is InChI=1S/C25H25NO7/c1-29-22-13-8-18(14-23(22)30-2)15-26-24(27)16-32-25(28)17-31-19-9-11-21(12-10-19)33-20-6-4-3-5-7-20/h3-14H,15-17H2,1-2H3,(H,26,27). The number of carbonyl (C=O) groups is 2. The van der Waals surface area contributed by atoms with Crippen LogP contribution in [0.1, 0.15) is 5.56 Å². The number of ether oxygens (including phenoxy) is 5. The van der Waals surface area contributed by atoms with Crippen LogP contribution in [0.15, 0.2) is 72.8 Å². The van der Waals surface area contributed by atoms with E-state index in [2.05, 4.69) is 5.32 Å². The zero-order chi connectivity index (χ0) is 23.5. The maximum absolute atomic E-state index is 12.0. The summed E-state index contributed by atoms with van der Waals surface area (Å²) in [5.41, 5.74) is 0.815. The zero-order valence-corrected chi connectivity index (χ0v) is 18.4. The quantitative estimate of drug-likeness (QED) is 0.444. The lowest BCUT2D eigenvalue weighted by molar-refractivity contribution is -0.150. The molecule has 0 aliphatic carbocycles. The van der Waals surface area contributed by atoms with Gasteiger partial charge in [0.2, 0.25) is 0 Å². The molecule has 8 nitrogen and oxygen atoms in total. The van der Waals surface area contributed by atoms with Crippen LogP contribution in [0, 0.1) is 0 Å². The van der Waals surface area contributed by atoms with Crippen LogP contribution in [0.3, 0.4) is 0 Å². The van der Waals surface area contributed by atoms with Gasteiger partial charge in [-0.25, -0.2) is 4.79 Å². The first-order valence-electron chi connectivity index (χ1n) is 10.2. The maximum Gasteiger partial charge on any atom is 0.344 e. The lowest BCUT2D eigenvalue weighted by Gasteiger charge is -2.11. The van der Waals surface area contributed by atoms with E-state index in [0.717, 1.165) is 11.3 Å². The Morgan fingerprint density at radius 1 is 0.758 bits per heavy atom. The summed E-state index contributed by atoms with van der Waals surface area (Å²) in [6, 6.07) is 21.5. The van der Waals surface area contributed by atoms with E-state index in [1.54, 1.807) is 49.6 Å². The molecule has 1 amide bonds. The molecular formula is C25H25NO7. The second kappa shape index (κ2) is 12.0. The van der Waals surface area contributed by atoms with Gasteiger partial charge in [0.15, 0.2) is 24.7 Å². The van der Waals surface area contributed by atoms with Gasteiger partial charge in [-0.2, -0.15) is 0 Å². The van der Waals surface area contributed by atoms with Gasteiger partial charge >= 0.3 is 5.97 Å². The minimum Gasteiger partial charge on any atom is -0.493 e. The molecule has 0 unspecified atom stereocenters. The van der Waals surface area contributed by atoms with Gasteiger partial charge in [-0.3, -0.25) is 4.79 Å². The third-order valence-corrected chi connectivity index (χ3v) is 4.46. The Balaban J connectivity index is 1.36. The Bertz CT molecular complexity index is 1050. The monoisotopic (exact) mass is 451 g/mol. The first-order valence-corrected chi connectivity index (χ1v) is 10.2. The van der Waals surface area contributed by atoms with Gasteiger partial charge in [0.25, 0.3) is 5.91 Å². The SMILES string of the molecule is COc1ccc(CNC(=O)COC(=O)COc2ccc(Oc3ccccc3)cc2)cc1OC. The number of amides is 1. The second-order valence-electron chi connectivity index (χ2n) is 6.80. The highest BCUT2D eigenvalue weighted by molar-refractivity contribution is 5.80. The van der Waals surface area contributed by atoms with Gasteiger partial charge in [0.1, 0.15) is 17.2 Å². The van der Waals surface area contributed by atoms with Crippen LogP contribution in [-0.4, -0.2) is 39.3 Å². The highest BCUT2D eigenvalue weighted by Crippen LogP contribution is 2.27. The molecule has 0 aliphatic rings. The van der Waals surface area contributed by atoms with Crippen molar-refractivity contribution >= 4 is 11.9 Å². The Morgan fingerprint density at radius 2 is 1.42 bits per heavy atom. The molecule has 3 aromatic carbocycles. The molecule has 0 fully saturated rings. The maximum atomic E-state index is 12.0. The summed E-state index contributed by atoms with van der Waals surface area (Å²) in [6.07, 6.45) is 0. The first-order chi connectivity index (χ1) is 16.1. The zero-order valence-electron chi connectivity index (χ0n) is 18.4. The molecule has 172 valence electrons. The van der Waals surface area contributed by atoms with E-state index in [-0.39, 0.29) is 13.2 Å². The molecule has 0 bridgehead atoms. The first kappa shape index (κ1) is 23.5. The lowest BCUT2D eigenvalue weighted by atomic mass is 10.2. The van der Waals surface area contributed by atoms with Gasteiger partial charge in [-0.1, -0.05) is 24.3 Å². The fourth-order valence-corrected chi connectivity index (χ4v) is 2.80.